The van der Waals surface area contributed by atoms with Gasteiger partial charge in [-0.25, -0.2) is 4.79 Å². The highest BCUT2D eigenvalue weighted by atomic mass is 32.1. The maximum atomic E-state index is 10.8. The number of carbonyl (C=O) groups is 1. The predicted octanol–water partition coefficient (Wildman–Crippen LogP) is 1.35. The van der Waals surface area contributed by atoms with Crippen LogP contribution in [0.3, 0.4) is 0 Å². The molecule has 0 unspecified atom stereocenters. The standard InChI is InChI=1S/C9H14N2O2S/c10-5-1-3-7(9(12)13)11-8-4-2-6-14-8/h2,4,6-7,11H,1,3,5,10H2,(H,12,13)/t7-/m0/s1. The predicted molar refractivity (Wildman–Crippen MR) is 57.7 cm³/mol. The van der Waals surface area contributed by atoms with Crippen LogP contribution in [0, 0.1) is 0 Å². The largest absolute Gasteiger partial charge is 0.480 e. The molecule has 78 valence electrons. The molecule has 1 aromatic rings. The molecule has 0 aliphatic carbocycles. The Labute approximate surface area is 86.7 Å². The summed E-state index contributed by atoms with van der Waals surface area (Å²) in [7, 11) is 0. The number of hydrogen-bond acceptors (Lipinski definition) is 4. The molecule has 0 aliphatic heterocycles. The highest BCUT2D eigenvalue weighted by molar-refractivity contribution is 7.14. The number of nitrogens with one attached hydrogen (secondary N) is 1. The van der Waals surface area contributed by atoms with Gasteiger partial charge in [-0.2, -0.15) is 0 Å². The number of hydrogen-bond donors (Lipinski definition) is 3. The lowest BCUT2D eigenvalue weighted by molar-refractivity contribution is -0.138. The molecule has 0 bridgehead atoms. The number of nitrogens with two attached hydrogens (primary N) is 1. The second-order valence-corrected chi connectivity index (χ2v) is 3.89. The van der Waals surface area contributed by atoms with Crippen molar-refractivity contribution in [1.82, 2.24) is 0 Å². The Balaban J connectivity index is 2.47. The molecule has 1 atom stereocenters. The molecule has 0 radical (unpaired) electrons. The molecule has 1 heterocycles. The first-order valence-corrected chi connectivity index (χ1v) is 5.35. The van der Waals surface area contributed by atoms with Gasteiger partial charge >= 0.3 is 5.97 Å². The molecule has 0 spiro atoms. The molecule has 4 nitrogen and oxygen atoms in total. The normalized spacial score (nSPS) is 12.4. The highest BCUT2D eigenvalue weighted by Gasteiger charge is 2.16. The third kappa shape index (κ3) is 3.35. The zero-order valence-corrected chi connectivity index (χ0v) is 8.59. The molecule has 0 aromatic carbocycles. The summed E-state index contributed by atoms with van der Waals surface area (Å²) in [5.74, 6) is -0.827. The van der Waals surface area contributed by atoms with Crippen molar-refractivity contribution < 1.29 is 9.90 Å². The molecule has 1 rings (SSSR count). The van der Waals surface area contributed by atoms with Crippen LogP contribution in [0.2, 0.25) is 0 Å². The van der Waals surface area contributed by atoms with Gasteiger partial charge in [0.25, 0.3) is 0 Å². The van der Waals surface area contributed by atoms with Crippen molar-refractivity contribution in [3.8, 4) is 0 Å². The van der Waals surface area contributed by atoms with Gasteiger partial charge in [0.05, 0.1) is 5.00 Å². The molecular weight excluding hydrogens is 200 g/mol. The van der Waals surface area contributed by atoms with Crippen LogP contribution >= 0.6 is 11.3 Å². The Morgan fingerprint density at radius 2 is 2.50 bits per heavy atom. The summed E-state index contributed by atoms with van der Waals surface area (Å²) in [5.41, 5.74) is 5.33. The third-order valence-electron chi connectivity index (χ3n) is 1.83. The molecule has 5 heteroatoms. The smallest absolute Gasteiger partial charge is 0.326 e. The highest BCUT2D eigenvalue weighted by Crippen LogP contribution is 2.17. The molecule has 0 aliphatic rings. The Morgan fingerprint density at radius 1 is 1.71 bits per heavy atom. The summed E-state index contributed by atoms with van der Waals surface area (Å²) in [6.45, 7) is 0.524. The van der Waals surface area contributed by atoms with Crippen LogP contribution < -0.4 is 11.1 Å². The van der Waals surface area contributed by atoms with E-state index in [1.165, 1.54) is 11.3 Å². The van der Waals surface area contributed by atoms with Gasteiger partial charge in [-0.05, 0) is 36.9 Å². The fourth-order valence-corrected chi connectivity index (χ4v) is 1.78. The molecule has 14 heavy (non-hydrogen) atoms. The van der Waals surface area contributed by atoms with Gasteiger partial charge in [-0.15, -0.1) is 11.3 Å². The first-order valence-electron chi connectivity index (χ1n) is 4.47. The lowest BCUT2D eigenvalue weighted by atomic mass is 10.1. The second kappa shape index (κ2) is 5.62. The minimum atomic E-state index is -0.827. The summed E-state index contributed by atoms with van der Waals surface area (Å²) in [6, 6.07) is 3.22. The third-order valence-corrected chi connectivity index (χ3v) is 2.63. The van der Waals surface area contributed by atoms with Gasteiger partial charge in [0.2, 0.25) is 0 Å². The summed E-state index contributed by atoms with van der Waals surface area (Å²) in [6.07, 6.45) is 1.28. The lowest BCUT2D eigenvalue weighted by Gasteiger charge is -2.13. The van der Waals surface area contributed by atoms with Gasteiger partial charge in [0.1, 0.15) is 6.04 Å². The van der Waals surface area contributed by atoms with Gasteiger partial charge < -0.3 is 16.2 Å². The van der Waals surface area contributed by atoms with Gasteiger partial charge in [0, 0.05) is 0 Å². The van der Waals surface area contributed by atoms with E-state index in [0.29, 0.717) is 13.0 Å². The van der Waals surface area contributed by atoms with Gasteiger partial charge in [0.15, 0.2) is 0 Å². The molecule has 4 N–H and O–H groups in total. The van der Waals surface area contributed by atoms with E-state index in [9.17, 15) is 4.79 Å². The number of thiophene rings is 1. The van der Waals surface area contributed by atoms with Crippen LogP contribution in [0.5, 0.6) is 0 Å². The quantitative estimate of drug-likeness (QED) is 0.668. The van der Waals surface area contributed by atoms with E-state index in [1.807, 2.05) is 17.5 Å². The van der Waals surface area contributed by atoms with Crippen molar-refractivity contribution in [3.05, 3.63) is 17.5 Å². The first kappa shape index (κ1) is 11.0. The topological polar surface area (TPSA) is 75.3 Å². The SMILES string of the molecule is NCCC[C@H](Nc1cccs1)C(=O)O. The van der Waals surface area contributed by atoms with Crippen molar-refractivity contribution >= 4 is 22.3 Å². The van der Waals surface area contributed by atoms with Crippen LogP contribution in [-0.4, -0.2) is 23.7 Å². The second-order valence-electron chi connectivity index (χ2n) is 2.94. The number of rotatable bonds is 6. The van der Waals surface area contributed by atoms with E-state index >= 15 is 0 Å². The van der Waals surface area contributed by atoms with Crippen molar-refractivity contribution in [2.24, 2.45) is 5.73 Å². The minimum Gasteiger partial charge on any atom is -0.480 e. The molecule has 0 fully saturated rings. The zero-order chi connectivity index (χ0) is 10.4. The van der Waals surface area contributed by atoms with E-state index in [4.69, 9.17) is 10.8 Å². The van der Waals surface area contributed by atoms with E-state index < -0.39 is 12.0 Å². The maximum Gasteiger partial charge on any atom is 0.326 e. The summed E-state index contributed by atoms with van der Waals surface area (Å²) < 4.78 is 0. The Kier molecular flexibility index (Phi) is 4.42. The Hall–Kier alpha value is -1.07. The number of aliphatic carboxylic acids is 1. The van der Waals surface area contributed by atoms with Crippen molar-refractivity contribution in [2.45, 2.75) is 18.9 Å². The minimum absolute atomic E-state index is 0.524. The van der Waals surface area contributed by atoms with Gasteiger partial charge in [-0.3, -0.25) is 0 Å². The number of anilines is 1. The summed E-state index contributed by atoms with van der Waals surface area (Å²) >= 11 is 1.50. The fourth-order valence-electron chi connectivity index (χ4n) is 1.11. The number of carboxylic acids is 1. The Morgan fingerprint density at radius 3 is 3.00 bits per heavy atom. The van der Waals surface area contributed by atoms with E-state index in [0.717, 1.165) is 11.4 Å². The molecule has 0 saturated carbocycles. The van der Waals surface area contributed by atoms with E-state index in [1.54, 1.807) is 0 Å². The molecular formula is C9H14N2O2S. The van der Waals surface area contributed by atoms with Crippen molar-refractivity contribution in [1.29, 1.82) is 0 Å². The van der Waals surface area contributed by atoms with Crippen molar-refractivity contribution in [2.75, 3.05) is 11.9 Å². The van der Waals surface area contributed by atoms with Crippen LogP contribution in [0.4, 0.5) is 5.00 Å². The molecule has 0 saturated heterocycles. The van der Waals surface area contributed by atoms with Crippen LogP contribution in [0.15, 0.2) is 17.5 Å². The summed E-state index contributed by atoms with van der Waals surface area (Å²) in [4.78, 5) is 10.8. The zero-order valence-electron chi connectivity index (χ0n) is 7.77. The maximum absolute atomic E-state index is 10.8. The Bertz CT molecular complexity index is 274. The van der Waals surface area contributed by atoms with Crippen LogP contribution in [0.25, 0.3) is 0 Å². The van der Waals surface area contributed by atoms with E-state index in [2.05, 4.69) is 5.32 Å². The molecule has 1 aromatic heterocycles. The monoisotopic (exact) mass is 214 g/mol. The lowest BCUT2D eigenvalue weighted by Crippen LogP contribution is -2.29. The summed E-state index contributed by atoms with van der Waals surface area (Å²) in [5, 5.41) is 14.6. The van der Waals surface area contributed by atoms with Crippen LogP contribution in [-0.2, 0) is 4.79 Å². The average Bonchev–Trinajstić information content (AvgIpc) is 2.64. The molecule has 0 amide bonds. The van der Waals surface area contributed by atoms with E-state index in [-0.39, 0.29) is 0 Å². The van der Waals surface area contributed by atoms with Crippen molar-refractivity contribution in [3.63, 3.8) is 0 Å². The first-order chi connectivity index (χ1) is 6.74. The average molecular weight is 214 g/mol. The fraction of sp³-hybridized carbons (Fsp3) is 0.444. The number of carboxylic acid groups (broad SMARTS) is 1. The van der Waals surface area contributed by atoms with Crippen LogP contribution in [0.1, 0.15) is 12.8 Å². The van der Waals surface area contributed by atoms with Gasteiger partial charge in [-0.1, -0.05) is 0 Å².